The molecule has 6 nitrogen and oxygen atoms in total. The van der Waals surface area contributed by atoms with Crippen LogP contribution in [0.1, 0.15) is 24.6 Å². The van der Waals surface area contributed by atoms with Crippen molar-refractivity contribution in [3.05, 3.63) is 77.1 Å². The fourth-order valence-corrected chi connectivity index (χ4v) is 3.52. The molecule has 1 aromatic heterocycles. The first-order valence-corrected chi connectivity index (χ1v) is 9.31. The normalized spacial score (nSPS) is 19.1. The molecule has 0 spiro atoms. The summed E-state index contributed by atoms with van der Waals surface area (Å²) in [5, 5.41) is 3.42. The van der Waals surface area contributed by atoms with Crippen LogP contribution in [0.3, 0.4) is 0 Å². The predicted molar refractivity (Wildman–Crippen MR) is 104 cm³/mol. The average molecular weight is 396 g/mol. The van der Waals surface area contributed by atoms with Crippen LogP contribution in [0.4, 0.5) is 4.79 Å². The second kappa shape index (κ2) is 7.13. The standard InChI is InChI=1S/C21H18ClN3O3/c1-2-21(15-8-10-16(22)11-9-15)19(26)25(20(27)24-21)12-17-13-28-18(23-17)14-6-4-3-5-7-14/h3-11,13H,2,12H2,1H3,(H,24,27). The Kier molecular flexibility index (Phi) is 4.65. The zero-order valence-electron chi connectivity index (χ0n) is 15.2. The van der Waals surface area contributed by atoms with Gasteiger partial charge < -0.3 is 9.73 Å². The topological polar surface area (TPSA) is 75.4 Å². The van der Waals surface area contributed by atoms with Gasteiger partial charge in [0.25, 0.3) is 5.91 Å². The van der Waals surface area contributed by atoms with Gasteiger partial charge in [-0.05, 0) is 36.2 Å². The maximum Gasteiger partial charge on any atom is 0.325 e. The lowest BCUT2D eigenvalue weighted by Gasteiger charge is -2.25. The zero-order valence-corrected chi connectivity index (χ0v) is 15.9. The van der Waals surface area contributed by atoms with Crippen LogP contribution in [0.15, 0.2) is 65.3 Å². The lowest BCUT2D eigenvalue weighted by molar-refractivity contribution is -0.132. The number of halogens is 1. The smallest absolute Gasteiger partial charge is 0.325 e. The third kappa shape index (κ3) is 3.05. The summed E-state index contributed by atoms with van der Waals surface area (Å²) in [6, 6.07) is 15.9. The van der Waals surface area contributed by atoms with E-state index in [-0.39, 0.29) is 12.5 Å². The van der Waals surface area contributed by atoms with Crippen molar-refractivity contribution in [2.45, 2.75) is 25.4 Å². The summed E-state index contributed by atoms with van der Waals surface area (Å²) in [5.41, 5.74) is 0.930. The molecule has 28 heavy (non-hydrogen) atoms. The number of carbonyl (C=O) groups is 2. The summed E-state index contributed by atoms with van der Waals surface area (Å²) in [5.74, 6) is 0.133. The van der Waals surface area contributed by atoms with Gasteiger partial charge >= 0.3 is 6.03 Å². The molecule has 3 amide bonds. The van der Waals surface area contributed by atoms with E-state index in [2.05, 4.69) is 10.3 Å². The highest BCUT2D eigenvalue weighted by Crippen LogP contribution is 2.34. The van der Waals surface area contributed by atoms with Gasteiger partial charge in [-0.3, -0.25) is 9.69 Å². The number of hydrogen-bond acceptors (Lipinski definition) is 4. The molecule has 1 aliphatic rings. The van der Waals surface area contributed by atoms with E-state index in [0.717, 1.165) is 5.56 Å². The predicted octanol–water partition coefficient (Wildman–Crippen LogP) is 4.35. The van der Waals surface area contributed by atoms with Gasteiger partial charge in [-0.1, -0.05) is 48.9 Å². The molecule has 1 saturated heterocycles. The summed E-state index contributed by atoms with van der Waals surface area (Å²) >= 11 is 5.96. The van der Waals surface area contributed by atoms with Crippen molar-refractivity contribution in [1.82, 2.24) is 15.2 Å². The monoisotopic (exact) mass is 395 g/mol. The molecule has 1 aliphatic heterocycles. The summed E-state index contributed by atoms with van der Waals surface area (Å²) in [6.07, 6.45) is 1.89. The van der Waals surface area contributed by atoms with Gasteiger partial charge in [0.05, 0.1) is 12.2 Å². The number of urea groups is 1. The van der Waals surface area contributed by atoms with Crippen molar-refractivity contribution in [3.8, 4) is 11.5 Å². The Balaban J connectivity index is 1.59. The van der Waals surface area contributed by atoms with Crippen molar-refractivity contribution in [2.24, 2.45) is 0 Å². The fraction of sp³-hybridized carbons (Fsp3) is 0.190. The molecule has 2 heterocycles. The van der Waals surface area contributed by atoms with Crippen molar-refractivity contribution >= 4 is 23.5 Å². The van der Waals surface area contributed by atoms with Crippen molar-refractivity contribution in [3.63, 3.8) is 0 Å². The SMILES string of the molecule is CCC1(c2ccc(Cl)cc2)NC(=O)N(Cc2coc(-c3ccccc3)n2)C1=O. The third-order valence-electron chi connectivity index (χ3n) is 4.94. The molecule has 4 rings (SSSR count). The molecular formula is C21H18ClN3O3. The fourth-order valence-electron chi connectivity index (χ4n) is 3.40. The summed E-state index contributed by atoms with van der Waals surface area (Å²) < 4.78 is 5.51. The number of carbonyl (C=O) groups excluding carboxylic acids is 2. The van der Waals surface area contributed by atoms with Crippen molar-refractivity contribution in [1.29, 1.82) is 0 Å². The van der Waals surface area contributed by atoms with Gasteiger partial charge in [-0.2, -0.15) is 0 Å². The van der Waals surface area contributed by atoms with E-state index < -0.39 is 11.6 Å². The van der Waals surface area contributed by atoms with E-state index >= 15 is 0 Å². The van der Waals surface area contributed by atoms with Crippen LogP contribution in [0.2, 0.25) is 5.02 Å². The minimum Gasteiger partial charge on any atom is -0.444 e. The van der Waals surface area contributed by atoms with Crippen molar-refractivity contribution in [2.75, 3.05) is 0 Å². The number of nitrogens with one attached hydrogen (secondary N) is 1. The molecule has 7 heteroatoms. The van der Waals surface area contributed by atoms with Gasteiger partial charge in [0.1, 0.15) is 11.8 Å². The average Bonchev–Trinajstić information content (AvgIpc) is 3.28. The van der Waals surface area contributed by atoms with Crippen LogP contribution < -0.4 is 5.32 Å². The number of benzene rings is 2. The summed E-state index contributed by atoms with van der Waals surface area (Å²) in [7, 11) is 0. The second-order valence-corrected chi connectivity index (χ2v) is 7.03. The molecule has 0 radical (unpaired) electrons. The zero-order chi connectivity index (χ0) is 19.7. The maximum atomic E-state index is 13.2. The molecule has 0 saturated carbocycles. The molecule has 0 aliphatic carbocycles. The number of aromatic nitrogens is 1. The summed E-state index contributed by atoms with van der Waals surface area (Å²) in [4.78, 5) is 31.4. The lowest BCUT2D eigenvalue weighted by atomic mass is 9.87. The second-order valence-electron chi connectivity index (χ2n) is 6.60. The number of rotatable bonds is 5. The molecule has 2 aromatic carbocycles. The minimum atomic E-state index is -1.10. The van der Waals surface area contributed by atoms with Gasteiger partial charge in [0.15, 0.2) is 0 Å². The highest BCUT2D eigenvalue weighted by molar-refractivity contribution is 6.30. The molecule has 1 unspecified atom stereocenters. The van der Waals surface area contributed by atoms with Crippen LogP contribution in [-0.2, 0) is 16.9 Å². The quantitative estimate of drug-likeness (QED) is 0.651. The van der Waals surface area contributed by atoms with Gasteiger partial charge in [-0.15, -0.1) is 0 Å². The van der Waals surface area contributed by atoms with Gasteiger partial charge in [0.2, 0.25) is 5.89 Å². The Bertz CT molecular complexity index is 1020. The number of oxazole rings is 1. The van der Waals surface area contributed by atoms with Gasteiger partial charge in [-0.25, -0.2) is 9.78 Å². The molecule has 1 N–H and O–H groups in total. The Hall–Kier alpha value is -3.12. The molecular weight excluding hydrogens is 378 g/mol. The molecule has 142 valence electrons. The minimum absolute atomic E-state index is 0.0380. The Morgan fingerprint density at radius 2 is 1.82 bits per heavy atom. The number of imide groups is 1. The van der Waals surface area contributed by atoms with E-state index in [0.29, 0.717) is 28.6 Å². The number of amides is 3. The highest BCUT2D eigenvalue weighted by Gasteiger charge is 2.51. The maximum absolute atomic E-state index is 13.2. The van der Waals surface area contributed by atoms with Crippen LogP contribution >= 0.6 is 11.6 Å². The third-order valence-corrected chi connectivity index (χ3v) is 5.19. The van der Waals surface area contributed by atoms with E-state index in [4.69, 9.17) is 16.0 Å². The Morgan fingerprint density at radius 1 is 1.11 bits per heavy atom. The Labute approximate surface area is 167 Å². The Morgan fingerprint density at radius 3 is 2.50 bits per heavy atom. The van der Waals surface area contributed by atoms with Crippen LogP contribution in [0.25, 0.3) is 11.5 Å². The van der Waals surface area contributed by atoms with Crippen LogP contribution in [-0.4, -0.2) is 21.8 Å². The van der Waals surface area contributed by atoms with E-state index in [1.54, 1.807) is 24.3 Å². The largest absolute Gasteiger partial charge is 0.444 e. The molecule has 1 fully saturated rings. The van der Waals surface area contributed by atoms with E-state index in [1.807, 2.05) is 37.3 Å². The van der Waals surface area contributed by atoms with Crippen molar-refractivity contribution < 1.29 is 14.0 Å². The molecule has 0 bridgehead atoms. The first kappa shape index (κ1) is 18.3. The first-order chi connectivity index (χ1) is 13.5. The first-order valence-electron chi connectivity index (χ1n) is 8.93. The van der Waals surface area contributed by atoms with E-state index in [1.165, 1.54) is 11.2 Å². The van der Waals surface area contributed by atoms with Crippen LogP contribution in [0, 0.1) is 0 Å². The van der Waals surface area contributed by atoms with Gasteiger partial charge in [0, 0.05) is 10.6 Å². The molecule has 3 aromatic rings. The summed E-state index contributed by atoms with van der Waals surface area (Å²) in [6.45, 7) is 1.90. The number of nitrogens with zero attached hydrogens (tertiary/aromatic N) is 2. The number of hydrogen-bond donors (Lipinski definition) is 1. The lowest BCUT2D eigenvalue weighted by Crippen LogP contribution is -2.43. The highest BCUT2D eigenvalue weighted by atomic mass is 35.5. The van der Waals surface area contributed by atoms with E-state index in [9.17, 15) is 9.59 Å². The van der Waals surface area contributed by atoms with Crippen LogP contribution in [0.5, 0.6) is 0 Å². The molecule has 1 atom stereocenters.